The molecule has 6 heteroatoms. The minimum atomic E-state index is 0.0262. The molecule has 4 nitrogen and oxygen atoms in total. The molecule has 0 aliphatic rings. The van der Waals surface area contributed by atoms with Gasteiger partial charge < -0.3 is 14.6 Å². The molecule has 0 saturated carbocycles. The Bertz CT molecular complexity index is 927. The molecule has 0 spiro atoms. The van der Waals surface area contributed by atoms with E-state index < -0.39 is 0 Å². The maximum absolute atomic E-state index is 6.35. The number of rotatable bonds is 13. The quantitative estimate of drug-likeness (QED) is 0.210. The van der Waals surface area contributed by atoms with Gasteiger partial charge in [0.15, 0.2) is 0 Å². The average molecular weight is 470 g/mol. The Hall–Kier alpha value is -2.37. The molecule has 0 bridgehead atoms. The molecule has 1 atom stereocenters. The van der Waals surface area contributed by atoms with E-state index in [1.165, 1.54) is 24.8 Å². The lowest BCUT2D eigenvalue weighted by Gasteiger charge is -2.20. The van der Waals surface area contributed by atoms with Crippen LogP contribution in [0.3, 0.4) is 0 Å². The molecule has 1 N–H and O–H groups in total. The number of aryl methyl sites for hydroxylation is 1. The summed E-state index contributed by atoms with van der Waals surface area (Å²) < 4.78 is 8.40. The topological polar surface area (TPSA) is 39.1 Å². The number of nitrogens with zero attached hydrogens (tertiary/aromatic N) is 2. The second-order valence-electron chi connectivity index (χ2n) is 8.05. The summed E-state index contributed by atoms with van der Waals surface area (Å²) in [7, 11) is 0. The summed E-state index contributed by atoms with van der Waals surface area (Å²) in [5.74, 6) is 0.852. The molecule has 2 aromatic carbocycles. The number of nitrogens with one attached hydrogen (secondary N) is 1. The number of benzene rings is 2. The highest BCUT2D eigenvalue weighted by atomic mass is 35.5. The van der Waals surface area contributed by atoms with Crippen molar-refractivity contribution in [2.45, 2.75) is 64.5 Å². The molecule has 0 radical (unpaired) electrons. The van der Waals surface area contributed by atoms with Crippen LogP contribution in [-0.4, -0.2) is 20.6 Å². The second kappa shape index (κ2) is 13.2. The van der Waals surface area contributed by atoms with Gasteiger partial charge in [-0.15, -0.1) is 0 Å². The van der Waals surface area contributed by atoms with Crippen LogP contribution in [0, 0.1) is 0 Å². The Labute approximate surface area is 202 Å². The zero-order valence-corrected chi connectivity index (χ0v) is 20.2. The number of hydrogen-bond donors (Lipinski definition) is 1. The van der Waals surface area contributed by atoms with E-state index in [-0.39, 0.29) is 6.10 Å². The van der Waals surface area contributed by atoms with Crippen LogP contribution in [0.2, 0.25) is 5.02 Å². The van der Waals surface area contributed by atoms with E-state index in [9.17, 15) is 0 Å². The van der Waals surface area contributed by atoms with Crippen molar-refractivity contribution < 1.29 is 4.74 Å². The van der Waals surface area contributed by atoms with Crippen molar-refractivity contribution in [1.29, 1.82) is 0 Å². The van der Waals surface area contributed by atoms with Crippen molar-refractivity contribution >= 4 is 34.5 Å². The van der Waals surface area contributed by atoms with Crippen molar-refractivity contribution in [3.05, 3.63) is 77.8 Å². The Morgan fingerprint density at radius 1 is 1.09 bits per heavy atom. The highest BCUT2D eigenvalue weighted by molar-refractivity contribution is 7.80. The molecule has 0 aliphatic carbocycles. The molecule has 1 heterocycles. The summed E-state index contributed by atoms with van der Waals surface area (Å²) in [5.41, 5.74) is 2.26. The van der Waals surface area contributed by atoms with E-state index in [2.05, 4.69) is 33.9 Å². The summed E-state index contributed by atoms with van der Waals surface area (Å²) in [6.07, 6.45) is 13.2. The van der Waals surface area contributed by atoms with E-state index >= 15 is 0 Å². The number of ether oxygens (including phenoxy) is 1. The minimum absolute atomic E-state index is 0.0262. The number of hydrogen-bond acceptors (Lipinski definition) is 3. The van der Waals surface area contributed by atoms with Gasteiger partial charge in [0.1, 0.15) is 11.9 Å². The Morgan fingerprint density at radius 2 is 1.88 bits per heavy atom. The van der Waals surface area contributed by atoms with E-state index in [1.807, 2.05) is 48.9 Å². The molecule has 170 valence electrons. The smallest absolute Gasteiger partial charge is 0.119 e. The third-order valence-electron chi connectivity index (χ3n) is 5.34. The first-order valence-electron chi connectivity index (χ1n) is 11.4. The van der Waals surface area contributed by atoms with Crippen molar-refractivity contribution in [3.8, 4) is 5.75 Å². The fourth-order valence-corrected chi connectivity index (χ4v) is 3.93. The first-order chi connectivity index (χ1) is 15.6. The van der Waals surface area contributed by atoms with Crippen LogP contribution < -0.4 is 10.1 Å². The van der Waals surface area contributed by atoms with Crippen molar-refractivity contribution in [1.82, 2.24) is 9.55 Å². The second-order valence-corrected chi connectivity index (χ2v) is 8.98. The van der Waals surface area contributed by atoms with Gasteiger partial charge in [0, 0.05) is 23.1 Å². The molecule has 0 saturated heterocycles. The van der Waals surface area contributed by atoms with Crippen LogP contribution >= 0.6 is 23.8 Å². The number of unbranched alkanes of at least 4 members (excludes halogenated alkanes) is 3. The highest BCUT2D eigenvalue weighted by Gasteiger charge is 2.12. The normalized spacial score (nSPS) is 11.8. The molecule has 0 fully saturated rings. The third kappa shape index (κ3) is 8.64. The third-order valence-corrected chi connectivity index (χ3v) is 5.90. The summed E-state index contributed by atoms with van der Waals surface area (Å²) in [4.78, 5) is 5.05. The summed E-state index contributed by atoms with van der Waals surface area (Å²) >= 11 is 11.5. The zero-order chi connectivity index (χ0) is 22.6. The molecule has 32 heavy (non-hydrogen) atoms. The SMILES string of the molecule is CCCCCCC(=S)Nc1ccc(OC(CCc2ccc(Cl)cc2)Cn2ccnc2)cc1. The fraction of sp³-hybridized carbons (Fsp3) is 0.385. The molecule has 3 rings (SSSR count). The van der Waals surface area contributed by atoms with Crippen LogP contribution in [0.5, 0.6) is 5.75 Å². The average Bonchev–Trinajstić information content (AvgIpc) is 3.30. The number of aromatic nitrogens is 2. The fourth-order valence-electron chi connectivity index (χ4n) is 3.54. The minimum Gasteiger partial charge on any atom is -0.489 e. The van der Waals surface area contributed by atoms with Gasteiger partial charge in [-0.05, 0) is 67.6 Å². The van der Waals surface area contributed by atoms with E-state index in [4.69, 9.17) is 28.6 Å². The van der Waals surface area contributed by atoms with E-state index in [0.717, 1.165) is 53.7 Å². The maximum Gasteiger partial charge on any atom is 0.119 e. The summed E-state index contributed by atoms with van der Waals surface area (Å²) in [5, 5.41) is 4.10. The lowest BCUT2D eigenvalue weighted by molar-refractivity contribution is 0.170. The van der Waals surface area contributed by atoms with Crippen molar-refractivity contribution in [2.24, 2.45) is 0 Å². The lowest BCUT2D eigenvalue weighted by atomic mass is 10.1. The first kappa shape index (κ1) is 24.3. The van der Waals surface area contributed by atoms with Crippen LogP contribution in [0.15, 0.2) is 67.3 Å². The van der Waals surface area contributed by atoms with E-state index in [1.54, 1.807) is 6.20 Å². The molecule has 0 amide bonds. The monoisotopic (exact) mass is 469 g/mol. The molecule has 3 aromatic rings. The van der Waals surface area contributed by atoms with Crippen LogP contribution in [0.25, 0.3) is 0 Å². The molecule has 1 unspecified atom stereocenters. The maximum atomic E-state index is 6.35. The van der Waals surface area contributed by atoms with E-state index in [0.29, 0.717) is 0 Å². The predicted molar refractivity (Wildman–Crippen MR) is 138 cm³/mol. The van der Waals surface area contributed by atoms with Crippen LogP contribution in [-0.2, 0) is 13.0 Å². The standard InChI is InChI=1S/C26H32ClN3OS/c1-2-3-4-5-6-26(32)29-23-12-15-24(16-13-23)31-25(19-30-18-17-28-20-30)14-9-21-7-10-22(27)11-8-21/h7-8,10-13,15-18,20,25H,2-6,9,14,19H2,1H3,(H,29,32). The number of thiocarbonyl (C=S) groups is 1. The van der Waals surface area contributed by atoms with Crippen molar-refractivity contribution in [2.75, 3.05) is 5.32 Å². The van der Waals surface area contributed by atoms with Gasteiger partial charge in [-0.3, -0.25) is 0 Å². The van der Waals surface area contributed by atoms with Crippen LogP contribution in [0.1, 0.15) is 51.0 Å². The van der Waals surface area contributed by atoms with Gasteiger partial charge in [-0.25, -0.2) is 4.98 Å². The first-order valence-corrected chi connectivity index (χ1v) is 12.2. The summed E-state index contributed by atoms with van der Waals surface area (Å²) in [6, 6.07) is 16.1. The van der Waals surface area contributed by atoms with Gasteiger partial charge in [0.25, 0.3) is 0 Å². The molecular formula is C26H32ClN3OS. The van der Waals surface area contributed by atoms with Gasteiger partial charge in [-0.1, -0.05) is 62.1 Å². The Morgan fingerprint density at radius 3 is 2.56 bits per heavy atom. The predicted octanol–water partition coefficient (Wildman–Crippen LogP) is 7.33. The van der Waals surface area contributed by atoms with Crippen LogP contribution in [0.4, 0.5) is 5.69 Å². The van der Waals surface area contributed by atoms with Crippen molar-refractivity contribution in [3.63, 3.8) is 0 Å². The van der Waals surface area contributed by atoms with Gasteiger partial charge in [-0.2, -0.15) is 0 Å². The number of anilines is 1. The molecule has 1 aromatic heterocycles. The van der Waals surface area contributed by atoms with Gasteiger partial charge in [0.05, 0.1) is 17.9 Å². The highest BCUT2D eigenvalue weighted by Crippen LogP contribution is 2.20. The van der Waals surface area contributed by atoms with Gasteiger partial charge in [0.2, 0.25) is 0 Å². The largest absolute Gasteiger partial charge is 0.489 e. The lowest BCUT2D eigenvalue weighted by Crippen LogP contribution is -2.23. The van der Waals surface area contributed by atoms with Gasteiger partial charge >= 0.3 is 0 Å². The molecular weight excluding hydrogens is 438 g/mol. The summed E-state index contributed by atoms with van der Waals surface area (Å²) in [6.45, 7) is 2.97. The number of halogens is 1. The number of imidazole rings is 1. The Kier molecular flexibility index (Phi) is 10.0. The zero-order valence-electron chi connectivity index (χ0n) is 18.7. The Balaban J connectivity index is 1.54. The molecule has 0 aliphatic heterocycles.